The molecule has 0 bridgehead atoms. The van der Waals surface area contributed by atoms with E-state index in [9.17, 15) is 9.59 Å². The van der Waals surface area contributed by atoms with Crippen molar-refractivity contribution in [3.63, 3.8) is 0 Å². The first-order valence-electron chi connectivity index (χ1n) is 11.6. The summed E-state index contributed by atoms with van der Waals surface area (Å²) in [4.78, 5) is 27.6. The molecule has 0 aromatic heterocycles. The van der Waals surface area contributed by atoms with E-state index in [-0.39, 0.29) is 18.4 Å². The van der Waals surface area contributed by atoms with Crippen molar-refractivity contribution in [2.24, 2.45) is 0 Å². The number of nitrogens with one attached hydrogen (secondary N) is 1. The monoisotopic (exact) mass is 552 g/mol. The largest absolute Gasteiger partial charge is 0.490 e. The third-order valence-electron chi connectivity index (χ3n) is 5.48. The number of hydrogen-bond acceptors (Lipinski definition) is 6. The number of rotatable bonds is 8. The van der Waals surface area contributed by atoms with Gasteiger partial charge >= 0.3 is 0 Å². The van der Waals surface area contributed by atoms with Crippen LogP contribution in [0.4, 0.5) is 11.4 Å². The third-order valence-corrected chi connectivity index (χ3v) is 7.02. The number of thiocarbonyl (C=S) groups is 1. The van der Waals surface area contributed by atoms with Crippen molar-refractivity contribution in [1.82, 2.24) is 0 Å². The predicted molar refractivity (Wildman–Crippen MR) is 155 cm³/mol. The lowest BCUT2D eigenvalue weighted by Gasteiger charge is -2.14. The number of benzene rings is 3. The molecule has 0 unspecified atom stereocenters. The van der Waals surface area contributed by atoms with Crippen LogP contribution in [-0.2, 0) is 9.59 Å². The Morgan fingerprint density at radius 3 is 2.54 bits per heavy atom. The van der Waals surface area contributed by atoms with Crippen molar-refractivity contribution < 1.29 is 19.1 Å². The second kappa shape index (κ2) is 11.8. The minimum Gasteiger partial charge on any atom is -0.490 e. The van der Waals surface area contributed by atoms with Crippen molar-refractivity contribution in [2.75, 3.05) is 23.4 Å². The summed E-state index contributed by atoms with van der Waals surface area (Å²) < 4.78 is 12.0. The maximum absolute atomic E-state index is 13.1. The summed E-state index contributed by atoms with van der Waals surface area (Å²) in [6.07, 6.45) is 1.77. The van der Waals surface area contributed by atoms with Crippen LogP contribution < -0.4 is 19.7 Å². The van der Waals surface area contributed by atoms with E-state index in [2.05, 4.69) is 5.32 Å². The van der Waals surface area contributed by atoms with Crippen LogP contribution in [-0.4, -0.2) is 29.3 Å². The smallest absolute Gasteiger partial charge is 0.270 e. The van der Waals surface area contributed by atoms with Crippen LogP contribution in [0.1, 0.15) is 23.6 Å². The van der Waals surface area contributed by atoms with Gasteiger partial charge in [-0.2, -0.15) is 0 Å². The van der Waals surface area contributed by atoms with E-state index in [1.165, 1.54) is 16.7 Å². The number of hydrogen-bond donors (Lipinski definition) is 1. The summed E-state index contributed by atoms with van der Waals surface area (Å²) in [6.45, 7) is 5.93. The quantitative estimate of drug-likeness (QED) is 0.245. The Kier molecular flexibility index (Phi) is 8.53. The number of aryl methyl sites for hydroxylation is 2. The number of amides is 2. The average Bonchev–Trinajstić information content (AvgIpc) is 3.14. The van der Waals surface area contributed by atoms with E-state index in [4.69, 9.17) is 33.3 Å². The van der Waals surface area contributed by atoms with Gasteiger partial charge in [-0.15, -0.1) is 0 Å². The number of ether oxygens (including phenoxy) is 2. The van der Waals surface area contributed by atoms with Crippen molar-refractivity contribution in [2.45, 2.75) is 20.8 Å². The van der Waals surface area contributed by atoms with E-state index < -0.39 is 0 Å². The van der Waals surface area contributed by atoms with Crippen LogP contribution in [0.25, 0.3) is 6.08 Å². The lowest BCUT2D eigenvalue weighted by atomic mass is 10.1. The maximum Gasteiger partial charge on any atom is 0.270 e. The second-order valence-corrected chi connectivity index (χ2v) is 10.4. The fraction of sp³-hybridized carbons (Fsp3) is 0.179. The Morgan fingerprint density at radius 2 is 1.81 bits per heavy atom. The molecule has 2 amide bonds. The van der Waals surface area contributed by atoms with E-state index in [1.54, 1.807) is 36.4 Å². The van der Waals surface area contributed by atoms with Crippen molar-refractivity contribution in [1.29, 1.82) is 0 Å². The SMILES string of the molecule is CCOc1cc(/C=C2\SC(=S)N(c3ccc(C)cc3)C2=O)ccc1OCC(=O)Nc1cc(Cl)ccc1C. The highest BCUT2D eigenvalue weighted by molar-refractivity contribution is 8.27. The first-order chi connectivity index (χ1) is 17.7. The molecule has 1 aliphatic heterocycles. The van der Waals surface area contributed by atoms with E-state index in [0.29, 0.717) is 38.0 Å². The van der Waals surface area contributed by atoms with Gasteiger partial charge in [-0.05, 0) is 74.4 Å². The van der Waals surface area contributed by atoms with Gasteiger partial charge in [0.1, 0.15) is 0 Å². The number of thioether (sulfide) groups is 1. The molecule has 0 atom stereocenters. The number of carbonyl (C=O) groups is 2. The van der Waals surface area contributed by atoms with Gasteiger partial charge in [0.2, 0.25) is 0 Å². The minimum absolute atomic E-state index is 0.176. The van der Waals surface area contributed by atoms with Gasteiger partial charge in [0.25, 0.3) is 11.8 Å². The number of nitrogens with zero attached hydrogens (tertiary/aromatic N) is 1. The van der Waals surface area contributed by atoms with Crippen LogP contribution in [0.15, 0.2) is 65.6 Å². The normalized spacial score (nSPS) is 14.3. The third kappa shape index (κ3) is 6.52. The molecule has 190 valence electrons. The lowest BCUT2D eigenvalue weighted by molar-refractivity contribution is -0.118. The van der Waals surface area contributed by atoms with Gasteiger partial charge in [0.05, 0.1) is 17.2 Å². The fourth-order valence-electron chi connectivity index (χ4n) is 3.60. The molecule has 0 radical (unpaired) electrons. The van der Waals surface area contributed by atoms with Gasteiger partial charge in [0.15, 0.2) is 22.4 Å². The summed E-state index contributed by atoms with van der Waals surface area (Å²) in [5.74, 6) is 0.392. The van der Waals surface area contributed by atoms with E-state index in [1.807, 2.05) is 51.1 Å². The standard InChI is InChI=1S/C28H25ClN2O4S2/c1-4-34-24-13-19(14-25-27(33)31(28(36)37-25)21-10-5-17(2)6-11-21)8-12-23(24)35-16-26(32)30-22-15-20(29)9-7-18(22)3/h5-15H,4,16H2,1-3H3,(H,30,32)/b25-14-. The summed E-state index contributed by atoms with van der Waals surface area (Å²) in [5.41, 5.74) is 4.11. The minimum atomic E-state index is -0.323. The van der Waals surface area contributed by atoms with Crippen LogP contribution in [0, 0.1) is 13.8 Å². The number of anilines is 2. The van der Waals surface area contributed by atoms with E-state index in [0.717, 1.165) is 22.4 Å². The molecule has 0 saturated carbocycles. The molecule has 3 aromatic rings. The molecule has 3 aromatic carbocycles. The summed E-state index contributed by atoms with van der Waals surface area (Å²) in [6, 6.07) is 18.2. The molecule has 1 heterocycles. The van der Waals surface area contributed by atoms with Gasteiger partial charge < -0.3 is 14.8 Å². The van der Waals surface area contributed by atoms with Crippen molar-refractivity contribution in [3.05, 3.63) is 87.3 Å². The molecule has 4 rings (SSSR count). The highest BCUT2D eigenvalue weighted by Crippen LogP contribution is 2.37. The van der Waals surface area contributed by atoms with Crippen molar-refractivity contribution >= 4 is 69.2 Å². The fourth-order valence-corrected chi connectivity index (χ4v) is 5.07. The molecule has 1 N–H and O–H groups in total. The first-order valence-corrected chi connectivity index (χ1v) is 13.2. The molecule has 0 aliphatic carbocycles. The summed E-state index contributed by atoms with van der Waals surface area (Å²) >= 11 is 12.8. The van der Waals surface area contributed by atoms with Gasteiger partial charge in [0, 0.05) is 10.7 Å². The van der Waals surface area contributed by atoms with Crippen LogP contribution in [0.5, 0.6) is 11.5 Å². The topological polar surface area (TPSA) is 67.9 Å². The zero-order valence-electron chi connectivity index (χ0n) is 20.5. The second-order valence-electron chi connectivity index (χ2n) is 8.29. The zero-order valence-corrected chi connectivity index (χ0v) is 22.9. The van der Waals surface area contributed by atoms with Gasteiger partial charge in [-0.3, -0.25) is 14.5 Å². The Morgan fingerprint density at radius 1 is 1.05 bits per heavy atom. The molecular weight excluding hydrogens is 528 g/mol. The number of halogens is 1. The molecule has 1 saturated heterocycles. The Labute approximate surface area is 230 Å². The highest BCUT2D eigenvalue weighted by Gasteiger charge is 2.33. The Balaban J connectivity index is 1.48. The summed E-state index contributed by atoms with van der Waals surface area (Å²) in [7, 11) is 0. The van der Waals surface area contributed by atoms with Crippen LogP contribution in [0.3, 0.4) is 0 Å². The lowest BCUT2D eigenvalue weighted by Crippen LogP contribution is -2.27. The van der Waals surface area contributed by atoms with Crippen molar-refractivity contribution in [3.8, 4) is 11.5 Å². The number of carbonyl (C=O) groups excluding carboxylic acids is 2. The summed E-state index contributed by atoms with van der Waals surface area (Å²) in [5, 5.41) is 3.34. The maximum atomic E-state index is 13.1. The molecule has 9 heteroatoms. The predicted octanol–water partition coefficient (Wildman–Crippen LogP) is 6.78. The highest BCUT2D eigenvalue weighted by atomic mass is 35.5. The average molecular weight is 553 g/mol. The first kappa shape index (κ1) is 26.7. The molecule has 1 aliphatic rings. The van der Waals surface area contributed by atoms with E-state index >= 15 is 0 Å². The van der Waals surface area contributed by atoms with Crippen LogP contribution in [0.2, 0.25) is 5.02 Å². The van der Waals surface area contributed by atoms with Gasteiger partial charge in [-0.1, -0.05) is 65.4 Å². The molecule has 37 heavy (non-hydrogen) atoms. The molecule has 1 fully saturated rings. The zero-order chi connectivity index (χ0) is 26.5. The van der Waals surface area contributed by atoms with Crippen LogP contribution >= 0.6 is 35.6 Å². The van der Waals surface area contributed by atoms with Gasteiger partial charge in [-0.25, -0.2) is 0 Å². The Hall–Kier alpha value is -3.33. The molecular formula is C28H25ClN2O4S2. The Bertz CT molecular complexity index is 1390. The molecule has 0 spiro atoms. The molecule has 6 nitrogen and oxygen atoms in total.